The Morgan fingerprint density at radius 3 is 2.38 bits per heavy atom. The normalized spacial score (nSPS) is 12.9. The van der Waals surface area contributed by atoms with Gasteiger partial charge in [0.2, 0.25) is 10.0 Å². The van der Waals surface area contributed by atoms with Crippen molar-refractivity contribution in [3.8, 4) is 0 Å². The second kappa shape index (κ2) is 6.91. The van der Waals surface area contributed by atoms with Gasteiger partial charge in [0.05, 0.1) is 12.1 Å². The van der Waals surface area contributed by atoms with E-state index >= 15 is 0 Å². The number of hydrogen-bond donors (Lipinski definition) is 2. The van der Waals surface area contributed by atoms with Crippen molar-refractivity contribution in [2.24, 2.45) is 0 Å². The first-order valence-electron chi connectivity index (χ1n) is 6.97. The molecular formula is C14H26N2O4S. The van der Waals surface area contributed by atoms with E-state index in [0.717, 1.165) is 6.54 Å². The molecule has 6 nitrogen and oxygen atoms in total. The van der Waals surface area contributed by atoms with Crippen molar-refractivity contribution >= 4 is 10.0 Å². The third-order valence-electron chi connectivity index (χ3n) is 3.06. The van der Waals surface area contributed by atoms with E-state index in [1.54, 1.807) is 34.8 Å². The molecule has 0 amide bonds. The third-order valence-corrected chi connectivity index (χ3v) is 4.95. The lowest BCUT2D eigenvalue weighted by atomic mass is 10.1. The van der Waals surface area contributed by atoms with Crippen LogP contribution in [0, 0.1) is 13.8 Å². The molecule has 122 valence electrons. The summed E-state index contributed by atoms with van der Waals surface area (Å²) in [4.78, 5) is 0.227. The fourth-order valence-corrected chi connectivity index (χ4v) is 4.17. The monoisotopic (exact) mass is 318 g/mol. The Morgan fingerprint density at radius 2 is 1.86 bits per heavy atom. The number of rotatable bonds is 8. The van der Waals surface area contributed by atoms with E-state index in [4.69, 9.17) is 9.15 Å². The van der Waals surface area contributed by atoms with E-state index in [0.29, 0.717) is 23.6 Å². The lowest BCUT2D eigenvalue weighted by Crippen LogP contribution is -2.46. The zero-order chi connectivity index (χ0) is 16.3. The van der Waals surface area contributed by atoms with Crippen LogP contribution in [-0.4, -0.2) is 34.2 Å². The van der Waals surface area contributed by atoms with Crippen LogP contribution in [-0.2, 0) is 21.3 Å². The van der Waals surface area contributed by atoms with Crippen molar-refractivity contribution in [2.75, 3.05) is 20.3 Å². The molecule has 0 unspecified atom stereocenters. The van der Waals surface area contributed by atoms with Gasteiger partial charge in [-0.25, -0.2) is 13.1 Å². The molecule has 0 spiro atoms. The van der Waals surface area contributed by atoms with Crippen molar-refractivity contribution < 1.29 is 17.6 Å². The molecule has 1 rings (SSSR count). The number of aryl methyl sites for hydroxylation is 2. The Labute approximate surface area is 127 Å². The first kappa shape index (κ1) is 18.2. The van der Waals surface area contributed by atoms with Crippen LogP contribution in [0.5, 0.6) is 0 Å². The summed E-state index contributed by atoms with van der Waals surface area (Å²) in [6, 6.07) is 0. The zero-order valence-electron chi connectivity index (χ0n) is 13.7. The molecule has 21 heavy (non-hydrogen) atoms. The standard InChI is InChI=1S/C14H26N2O4S/c1-7-15-8-12-10(2)20-11(3)13(12)21(17,18)16-14(4,5)9-19-6/h15-16H,7-9H2,1-6H3. The predicted molar refractivity (Wildman–Crippen MR) is 81.8 cm³/mol. The summed E-state index contributed by atoms with van der Waals surface area (Å²) >= 11 is 0. The van der Waals surface area contributed by atoms with Gasteiger partial charge in [0, 0.05) is 19.2 Å². The molecule has 0 saturated heterocycles. The average molecular weight is 318 g/mol. The minimum atomic E-state index is -3.67. The van der Waals surface area contributed by atoms with Crippen LogP contribution in [0.4, 0.5) is 0 Å². The fourth-order valence-electron chi connectivity index (χ4n) is 2.32. The Bertz CT molecular complexity index is 576. The summed E-state index contributed by atoms with van der Waals surface area (Å²) in [7, 11) is -2.13. The molecule has 1 heterocycles. The second-order valence-electron chi connectivity index (χ2n) is 5.72. The van der Waals surface area contributed by atoms with E-state index in [9.17, 15) is 8.42 Å². The second-order valence-corrected chi connectivity index (χ2v) is 7.34. The van der Waals surface area contributed by atoms with Crippen molar-refractivity contribution in [1.29, 1.82) is 0 Å². The summed E-state index contributed by atoms with van der Waals surface area (Å²) in [6.45, 7) is 10.5. The van der Waals surface area contributed by atoms with Crippen LogP contribution in [0.25, 0.3) is 0 Å². The Morgan fingerprint density at radius 1 is 1.24 bits per heavy atom. The Balaban J connectivity index is 3.19. The van der Waals surface area contributed by atoms with Gasteiger partial charge >= 0.3 is 0 Å². The minimum Gasteiger partial charge on any atom is -0.465 e. The Hall–Kier alpha value is -0.890. The third kappa shape index (κ3) is 4.54. The maximum atomic E-state index is 12.7. The molecule has 7 heteroatoms. The number of nitrogens with one attached hydrogen (secondary N) is 2. The van der Waals surface area contributed by atoms with Crippen molar-refractivity contribution in [1.82, 2.24) is 10.0 Å². The highest BCUT2D eigenvalue weighted by molar-refractivity contribution is 7.89. The average Bonchev–Trinajstić information content (AvgIpc) is 2.60. The predicted octanol–water partition coefficient (Wildman–Crippen LogP) is 1.71. The minimum absolute atomic E-state index is 0.227. The van der Waals surface area contributed by atoms with Gasteiger partial charge in [-0.15, -0.1) is 0 Å². The highest BCUT2D eigenvalue weighted by Gasteiger charge is 2.32. The van der Waals surface area contributed by atoms with Gasteiger partial charge in [0.15, 0.2) is 0 Å². The van der Waals surface area contributed by atoms with Gasteiger partial charge in [0.25, 0.3) is 0 Å². The molecule has 0 bridgehead atoms. The first-order chi connectivity index (χ1) is 9.64. The molecule has 0 aliphatic rings. The number of furan rings is 1. The summed E-state index contributed by atoms with van der Waals surface area (Å²) in [5, 5.41) is 3.14. The molecule has 0 aliphatic heterocycles. The molecule has 0 saturated carbocycles. The molecule has 0 fully saturated rings. The fraction of sp³-hybridized carbons (Fsp3) is 0.714. The van der Waals surface area contributed by atoms with E-state index in [-0.39, 0.29) is 11.5 Å². The smallest absolute Gasteiger partial charge is 0.244 e. The van der Waals surface area contributed by atoms with Gasteiger partial charge in [0.1, 0.15) is 16.4 Å². The van der Waals surface area contributed by atoms with Crippen molar-refractivity contribution in [3.63, 3.8) is 0 Å². The van der Waals surface area contributed by atoms with Crippen molar-refractivity contribution in [2.45, 2.75) is 51.6 Å². The summed E-state index contributed by atoms with van der Waals surface area (Å²) in [5.74, 6) is 1.03. The highest BCUT2D eigenvalue weighted by atomic mass is 32.2. The topological polar surface area (TPSA) is 80.6 Å². The van der Waals surface area contributed by atoms with Crippen LogP contribution < -0.4 is 10.0 Å². The van der Waals surface area contributed by atoms with Gasteiger partial charge < -0.3 is 14.5 Å². The lowest BCUT2D eigenvalue weighted by Gasteiger charge is -2.25. The quantitative estimate of drug-likeness (QED) is 0.763. The lowest BCUT2D eigenvalue weighted by molar-refractivity contribution is 0.141. The SMILES string of the molecule is CCNCc1c(C)oc(C)c1S(=O)(=O)NC(C)(C)COC. The molecule has 0 aromatic carbocycles. The van der Waals surface area contributed by atoms with Crippen LogP contribution >= 0.6 is 0 Å². The molecule has 1 aromatic rings. The molecule has 0 radical (unpaired) electrons. The first-order valence-corrected chi connectivity index (χ1v) is 8.45. The van der Waals surface area contributed by atoms with Gasteiger partial charge in [-0.2, -0.15) is 0 Å². The maximum absolute atomic E-state index is 12.7. The van der Waals surface area contributed by atoms with Gasteiger partial charge in [-0.1, -0.05) is 6.92 Å². The van der Waals surface area contributed by atoms with Crippen LogP contribution in [0.2, 0.25) is 0 Å². The van der Waals surface area contributed by atoms with E-state index < -0.39 is 15.6 Å². The number of hydrogen-bond acceptors (Lipinski definition) is 5. The van der Waals surface area contributed by atoms with E-state index in [2.05, 4.69) is 10.0 Å². The summed E-state index contributed by atoms with van der Waals surface area (Å²) < 4.78 is 38.6. The molecular weight excluding hydrogens is 292 g/mol. The summed E-state index contributed by atoms with van der Waals surface area (Å²) in [5.41, 5.74) is -0.0178. The van der Waals surface area contributed by atoms with E-state index in [1.165, 1.54) is 0 Å². The van der Waals surface area contributed by atoms with E-state index in [1.807, 2.05) is 6.92 Å². The number of methoxy groups -OCH3 is 1. The molecule has 0 atom stereocenters. The highest BCUT2D eigenvalue weighted by Crippen LogP contribution is 2.27. The van der Waals surface area contributed by atoms with Crippen LogP contribution in [0.3, 0.4) is 0 Å². The molecule has 2 N–H and O–H groups in total. The Kier molecular flexibility index (Phi) is 5.98. The largest absolute Gasteiger partial charge is 0.465 e. The maximum Gasteiger partial charge on any atom is 0.244 e. The van der Waals surface area contributed by atoms with Crippen LogP contribution in [0.1, 0.15) is 37.9 Å². The van der Waals surface area contributed by atoms with Gasteiger partial charge in [-0.05, 0) is 34.2 Å². The van der Waals surface area contributed by atoms with Crippen molar-refractivity contribution in [3.05, 3.63) is 17.1 Å². The summed E-state index contributed by atoms with van der Waals surface area (Å²) in [6.07, 6.45) is 0. The molecule has 1 aromatic heterocycles. The van der Waals surface area contributed by atoms with Crippen LogP contribution in [0.15, 0.2) is 9.31 Å². The zero-order valence-corrected chi connectivity index (χ0v) is 14.5. The molecule has 0 aliphatic carbocycles. The number of sulfonamides is 1. The number of ether oxygens (including phenoxy) is 1. The van der Waals surface area contributed by atoms with Gasteiger partial charge in [-0.3, -0.25) is 0 Å².